The topological polar surface area (TPSA) is 58.9 Å². The van der Waals surface area contributed by atoms with E-state index < -0.39 is 0 Å². The van der Waals surface area contributed by atoms with Crippen molar-refractivity contribution < 1.29 is 9.53 Å². The number of ether oxygens (including phenoxy) is 1. The van der Waals surface area contributed by atoms with E-state index in [1.54, 1.807) is 7.11 Å². The van der Waals surface area contributed by atoms with Crippen molar-refractivity contribution >= 4 is 28.3 Å². The third-order valence-corrected chi connectivity index (χ3v) is 5.34. The molecule has 1 fully saturated rings. The summed E-state index contributed by atoms with van der Waals surface area (Å²) in [5.74, 6) is 1.27. The molecule has 3 aromatic rings. The fraction of sp³-hybridized carbons (Fsp3) is 0.429. The van der Waals surface area contributed by atoms with Gasteiger partial charge in [0.2, 0.25) is 5.91 Å². The van der Waals surface area contributed by atoms with E-state index in [0.29, 0.717) is 13.2 Å². The molecule has 1 aliphatic heterocycles. The van der Waals surface area contributed by atoms with Gasteiger partial charge in [-0.3, -0.25) is 4.79 Å². The number of fused-ring (bicyclic) bond motifs is 3. The highest BCUT2D eigenvalue weighted by molar-refractivity contribution is 5.85. The molecule has 0 bridgehead atoms. The van der Waals surface area contributed by atoms with Gasteiger partial charge in [-0.1, -0.05) is 12.1 Å². The number of piperidine rings is 1. The van der Waals surface area contributed by atoms with Crippen molar-refractivity contribution in [1.82, 2.24) is 14.7 Å². The predicted octanol–water partition coefficient (Wildman–Crippen LogP) is 2.86. The molecule has 6 nitrogen and oxygen atoms in total. The van der Waals surface area contributed by atoms with Gasteiger partial charge in [0, 0.05) is 45.5 Å². The molecular formula is C21H26N4O2. The van der Waals surface area contributed by atoms with Crippen LogP contribution in [0.25, 0.3) is 16.6 Å². The maximum Gasteiger partial charge on any atom is 0.223 e. The Hall–Kier alpha value is -2.60. The zero-order chi connectivity index (χ0) is 18.6. The van der Waals surface area contributed by atoms with E-state index in [-0.39, 0.29) is 11.8 Å². The van der Waals surface area contributed by atoms with Gasteiger partial charge in [-0.05, 0) is 43.5 Å². The van der Waals surface area contributed by atoms with Crippen LogP contribution in [0, 0.1) is 5.92 Å². The summed E-state index contributed by atoms with van der Waals surface area (Å²) < 4.78 is 7.22. The van der Waals surface area contributed by atoms with E-state index in [2.05, 4.69) is 45.1 Å². The quantitative estimate of drug-likeness (QED) is 0.682. The van der Waals surface area contributed by atoms with Gasteiger partial charge >= 0.3 is 0 Å². The van der Waals surface area contributed by atoms with E-state index in [1.165, 1.54) is 0 Å². The highest BCUT2D eigenvalue weighted by Crippen LogP contribution is 2.28. The Morgan fingerprint density at radius 2 is 1.96 bits per heavy atom. The molecule has 3 heterocycles. The van der Waals surface area contributed by atoms with Crippen molar-refractivity contribution in [3.8, 4) is 0 Å². The number of amides is 1. The summed E-state index contributed by atoms with van der Waals surface area (Å²) in [4.78, 5) is 19.6. The number of para-hydroxylation sites is 2. The highest BCUT2D eigenvalue weighted by Gasteiger charge is 2.26. The first-order chi connectivity index (χ1) is 13.3. The molecule has 2 aromatic heterocycles. The third kappa shape index (κ3) is 3.62. The monoisotopic (exact) mass is 366 g/mol. The average Bonchev–Trinajstić information content (AvgIpc) is 3.21. The molecule has 1 aliphatic rings. The predicted molar refractivity (Wildman–Crippen MR) is 107 cm³/mol. The van der Waals surface area contributed by atoms with Gasteiger partial charge < -0.3 is 19.4 Å². The second-order valence-corrected chi connectivity index (χ2v) is 7.09. The second-order valence-electron chi connectivity index (χ2n) is 7.09. The number of carbonyl (C=O) groups excluding carboxylic acids is 1. The van der Waals surface area contributed by atoms with E-state index in [4.69, 9.17) is 9.72 Å². The maximum atomic E-state index is 12.4. The number of hydrogen-bond donors (Lipinski definition) is 1. The summed E-state index contributed by atoms with van der Waals surface area (Å²) in [6.07, 6.45) is 4.66. The van der Waals surface area contributed by atoms with E-state index in [0.717, 1.165) is 54.7 Å². The first-order valence-corrected chi connectivity index (χ1v) is 9.65. The number of hydrogen-bond acceptors (Lipinski definition) is 4. The van der Waals surface area contributed by atoms with Gasteiger partial charge in [0.25, 0.3) is 0 Å². The molecule has 6 heteroatoms. The Balaban J connectivity index is 1.46. The molecule has 1 aromatic carbocycles. The molecule has 0 saturated carbocycles. The number of nitrogens with zero attached hydrogens (tertiary/aromatic N) is 3. The lowest BCUT2D eigenvalue weighted by Gasteiger charge is -2.32. The Morgan fingerprint density at radius 1 is 1.19 bits per heavy atom. The first kappa shape index (κ1) is 17.8. The van der Waals surface area contributed by atoms with Crippen LogP contribution in [0.2, 0.25) is 0 Å². The maximum absolute atomic E-state index is 12.4. The SMILES string of the molecule is COCCCNC(=O)C1CCN(c2nc3ccccc3n3cccc23)CC1. The summed E-state index contributed by atoms with van der Waals surface area (Å²) in [5, 5.41) is 3.03. The van der Waals surface area contributed by atoms with E-state index in [1.807, 2.05) is 12.1 Å². The largest absolute Gasteiger partial charge is 0.385 e. The molecule has 27 heavy (non-hydrogen) atoms. The number of rotatable bonds is 6. The van der Waals surface area contributed by atoms with E-state index >= 15 is 0 Å². The number of aromatic nitrogens is 2. The summed E-state index contributed by atoms with van der Waals surface area (Å²) in [6, 6.07) is 12.4. The molecule has 0 radical (unpaired) electrons. The van der Waals surface area contributed by atoms with Gasteiger partial charge in [0.05, 0.1) is 16.6 Å². The zero-order valence-electron chi connectivity index (χ0n) is 15.7. The third-order valence-electron chi connectivity index (χ3n) is 5.34. The fourth-order valence-electron chi connectivity index (χ4n) is 3.87. The van der Waals surface area contributed by atoms with Crippen molar-refractivity contribution in [2.45, 2.75) is 19.3 Å². The van der Waals surface area contributed by atoms with Crippen LogP contribution in [0.5, 0.6) is 0 Å². The summed E-state index contributed by atoms with van der Waals surface area (Å²) in [6.45, 7) is 3.06. The van der Waals surface area contributed by atoms with Gasteiger partial charge in [-0.2, -0.15) is 0 Å². The molecule has 4 rings (SSSR count). The molecule has 1 saturated heterocycles. The molecule has 0 atom stereocenters. The Kier molecular flexibility index (Phi) is 5.25. The Morgan fingerprint density at radius 3 is 2.78 bits per heavy atom. The molecule has 1 N–H and O–H groups in total. The van der Waals surface area contributed by atoms with Crippen LogP contribution in [0.1, 0.15) is 19.3 Å². The van der Waals surface area contributed by atoms with Crippen molar-refractivity contribution in [3.63, 3.8) is 0 Å². The molecule has 1 amide bonds. The number of methoxy groups -OCH3 is 1. The van der Waals surface area contributed by atoms with Crippen LogP contribution >= 0.6 is 0 Å². The number of carbonyl (C=O) groups is 1. The Labute approximate surface area is 159 Å². The minimum atomic E-state index is 0.0899. The van der Waals surface area contributed by atoms with Crippen LogP contribution in [-0.4, -0.2) is 48.6 Å². The summed E-state index contributed by atoms with van der Waals surface area (Å²) in [5.41, 5.74) is 3.23. The number of nitrogens with one attached hydrogen (secondary N) is 1. The van der Waals surface area contributed by atoms with Crippen LogP contribution in [-0.2, 0) is 9.53 Å². The van der Waals surface area contributed by atoms with Crippen molar-refractivity contribution in [2.24, 2.45) is 5.92 Å². The van der Waals surface area contributed by atoms with Crippen LogP contribution < -0.4 is 10.2 Å². The minimum absolute atomic E-state index is 0.0899. The number of anilines is 1. The van der Waals surface area contributed by atoms with Crippen LogP contribution in [0.15, 0.2) is 42.6 Å². The lowest BCUT2D eigenvalue weighted by Crippen LogP contribution is -2.41. The highest BCUT2D eigenvalue weighted by atomic mass is 16.5. The van der Waals surface area contributed by atoms with Gasteiger partial charge in [-0.15, -0.1) is 0 Å². The number of benzene rings is 1. The average molecular weight is 366 g/mol. The molecule has 0 spiro atoms. The molecular weight excluding hydrogens is 340 g/mol. The van der Waals surface area contributed by atoms with Crippen molar-refractivity contribution in [1.29, 1.82) is 0 Å². The molecule has 142 valence electrons. The summed E-state index contributed by atoms with van der Waals surface area (Å²) in [7, 11) is 1.68. The second kappa shape index (κ2) is 7.96. The fourth-order valence-corrected chi connectivity index (χ4v) is 3.87. The smallest absolute Gasteiger partial charge is 0.223 e. The summed E-state index contributed by atoms with van der Waals surface area (Å²) >= 11 is 0. The van der Waals surface area contributed by atoms with Gasteiger partial charge in [0.15, 0.2) is 5.82 Å². The Bertz CT molecular complexity index is 928. The normalized spacial score (nSPS) is 15.5. The van der Waals surface area contributed by atoms with Crippen molar-refractivity contribution in [2.75, 3.05) is 38.3 Å². The lowest BCUT2D eigenvalue weighted by atomic mass is 9.96. The van der Waals surface area contributed by atoms with Gasteiger partial charge in [0.1, 0.15) is 0 Å². The molecule has 0 unspecified atom stereocenters. The minimum Gasteiger partial charge on any atom is -0.385 e. The molecule has 0 aliphatic carbocycles. The lowest BCUT2D eigenvalue weighted by molar-refractivity contribution is -0.125. The van der Waals surface area contributed by atoms with Crippen LogP contribution in [0.3, 0.4) is 0 Å². The van der Waals surface area contributed by atoms with E-state index in [9.17, 15) is 4.79 Å². The van der Waals surface area contributed by atoms with Gasteiger partial charge in [-0.25, -0.2) is 4.98 Å². The zero-order valence-corrected chi connectivity index (χ0v) is 15.7. The van der Waals surface area contributed by atoms with Crippen molar-refractivity contribution in [3.05, 3.63) is 42.6 Å². The first-order valence-electron chi connectivity index (χ1n) is 9.65. The standard InChI is InChI=1S/C21H26N4O2/c1-27-15-5-11-22-21(26)16-9-13-24(14-10-16)20-19-8-4-12-25(19)18-7-3-2-6-17(18)23-20/h2-4,6-8,12,16H,5,9-11,13-15H2,1H3,(H,22,26). The van der Waals surface area contributed by atoms with Crippen LogP contribution in [0.4, 0.5) is 5.82 Å².